The van der Waals surface area contributed by atoms with E-state index in [0.29, 0.717) is 17.9 Å². The summed E-state index contributed by atoms with van der Waals surface area (Å²) in [5.74, 6) is 2.04. The second-order valence-corrected chi connectivity index (χ2v) is 8.56. The summed E-state index contributed by atoms with van der Waals surface area (Å²) < 4.78 is 0. The maximum atomic E-state index is 13.2. The minimum absolute atomic E-state index is 0.114. The summed E-state index contributed by atoms with van der Waals surface area (Å²) in [4.78, 5) is 15.3. The molecule has 0 spiro atoms. The van der Waals surface area contributed by atoms with E-state index in [9.17, 15) is 4.79 Å². The number of allylic oxidation sites excluding steroid dienone is 2. The van der Waals surface area contributed by atoms with Gasteiger partial charge < -0.3 is 10.2 Å². The average Bonchev–Trinajstić information content (AvgIpc) is 3.30. The van der Waals surface area contributed by atoms with Crippen molar-refractivity contribution in [3.05, 3.63) is 48.0 Å². The van der Waals surface area contributed by atoms with Gasteiger partial charge in [0.15, 0.2) is 0 Å². The van der Waals surface area contributed by atoms with Gasteiger partial charge in [0, 0.05) is 12.6 Å². The standard InChI is InChI=1S/C23H32N2O/c1-17(19-8-4-2-5-9-19)25(16-21-15-18-12-13-20(21)14-18)23(26)24-22-10-6-3-7-11-22/h2,4-5,8-9,12-13,17-18,20-22H,3,6-7,10-11,14-16H2,1H3,(H,24,26). The average molecular weight is 353 g/mol. The van der Waals surface area contributed by atoms with E-state index in [2.05, 4.69) is 53.6 Å². The summed E-state index contributed by atoms with van der Waals surface area (Å²) in [6.45, 7) is 3.05. The van der Waals surface area contributed by atoms with Gasteiger partial charge in [-0.3, -0.25) is 0 Å². The SMILES string of the molecule is CC(c1ccccc1)N(CC1CC2C=CC1C2)C(=O)NC1CCCCC1. The Labute approximate surface area is 157 Å². The molecular formula is C23H32N2O. The van der Waals surface area contributed by atoms with Crippen molar-refractivity contribution >= 4 is 6.03 Å². The normalized spacial score (nSPS) is 28.9. The lowest BCUT2D eigenvalue weighted by atomic mass is 9.92. The van der Waals surface area contributed by atoms with Crippen LogP contribution in [0.2, 0.25) is 0 Å². The first-order valence-corrected chi connectivity index (χ1v) is 10.5. The molecule has 2 amide bonds. The third kappa shape index (κ3) is 3.82. The first-order chi connectivity index (χ1) is 12.7. The van der Waals surface area contributed by atoms with Crippen LogP contribution in [0.25, 0.3) is 0 Å². The molecule has 1 aromatic carbocycles. The Bertz CT molecular complexity index is 635. The highest BCUT2D eigenvalue weighted by Gasteiger charge is 2.38. The Morgan fingerprint density at radius 3 is 2.54 bits per heavy atom. The summed E-state index contributed by atoms with van der Waals surface area (Å²) >= 11 is 0. The molecule has 2 bridgehead atoms. The van der Waals surface area contributed by atoms with Crippen LogP contribution in [-0.2, 0) is 0 Å². The van der Waals surface area contributed by atoms with Gasteiger partial charge in [0.25, 0.3) is 0 Å². The lowest BCUT2D eigenvalue weighted by molar-refractivity contribution is 0.154. The fraction of sp³-hybridized carbons (Fsp3) is 0.609. The van der Waals surface area contributed by atoms with Gasteiger partial charge in [-0.25, -0.2) is 4.79 Å². The lowest BCUT2D eigenvalue weighted by Crippen LogP contribution is -2.48. The molecule has 0 saturated heterocycles. The van der Waals surface area contributed by atoms with Crippen molar-refractivity contribution in [1.82, 2.24) is 10.2 Å². The van der Waals surface area contributed by atoms with Gasteiger partial charge in [0.1, 0.15) is 0 Å². The van der Waals surface area contributed by atoms with E-state index < -0.39 is 0 Å². The molecule has 1 aromatic rings. The highest BCUT2D eigenvalue weighted by molar-refractivity contribution is 5.75. The number of nitrogens with one attached hydrogen (secondary N) is 1. The molecule has 3 nitrogen and oxygen atoms in total. The number of urea groups is 1. The van der Waals surface area contributed by atoms with Gasteiger partial charge in [0.2, 0.25) is 0 Å². The molecule has 3 heteroatoms. The van der Waals surface area contributed by atoms with Gasteiger partial charge in [-0.15, -0.1) is 0 Å². The topological polar surface area (TPSA) is 32.3 Å². The Hall–Kier alpha value is -1.77. The number of rotatable bonds is 5. The maximum Gasteiger partial charge on any atom is 0.318 e. The third-order valence-corrected chi connectivity index (χ3v) is 6.79. The van der Waals surface area contributed by atoms with Crippen molar-refractivity contribution in [2.75, 3.05) is 6.54 Å². The molecule has 2 fully saturated rings. The quantitative estimate of drug-likeness (QED) is 0.716. The minimum Gasteiger partial charge on any atom is -0.335 e. The zero-order chi connectivity index (χ0) is 17.9. The summed E-state index contributed by atoms with van der Waals surface area (Å²) in [7, 11) is 0. The molecule has 1 N–H and O–H groups in total. The second kappa shape index (κ2) is 7.85. The smallest absolute Gasteiger partial charge is 0.318 e. The van der Waals surface area contributed by atoms with Crippen LogP contribution in [0.15, 0.2) is 42.5 Å². The Morgan fingerprint density at radius 2 is 1.88 bits per heavy atom. The van der Waals surface area contributed by atoms with Crippen LogP contribution in [0.4, 0.5) is 4.79 Å². The molecule has 0 aromatic heterocycles. The number of hydrogen-bond donors (Lipinski definition) is 1. The number of benzene rings is 1. The van der Waals surface area contributed by atoms with E-state index in [0.717, 1.165) is 25.3 Å². The van der Waals surface area contributed by atoms with Crippen LogP contribution in [0, 0.1) is 17.8 Å². The summed E-state index contributed by atoms with van der Waals surface area (Å²) in [5.41, 5.74) is 1.23. The van der Waals surface area contributed by atoms with E-state index in [1.165, 1.54) is 37.7 Å². The van der Waals surface area contributed by atoms with Gasteiger partial charge in [0.05, 0.1) is 6.04 Å². The van der Waals surface area contributed by atoms with E-state index in [1.807, 2.05) is 6.07 Å². The summed E-state index contributed by atoms with van der Waals surface area (Å²) in [6.07, 6.45) is 13.4. The van der Waals surface area contributed by atoms with Crippen LogP contribution in [0.1, 0.15) is 63.5 Å². The number of carbonyl (C=O) groups excluding carboxylic acids is 1. The van der Waals surface area contributed by atoms with Gasteiger partial charge >= 0.3 is 6.03 Å². The molecule has 0 radical (unpaired) electrons. The second-order valence-electron chi connectivity index (χ2n) is 8.56. The van der Waals surface area contributed by atoms with Crippen LogP contribution in [0.5, 0.6) is 0 Å². The molecule has 3 aliphatic carbocycles. The highest BCUT2D eigenvalue weighted by Crippen LogP contribution is 2.44. The molecular weight excluding hydrogens is 320 g/mol. The molecule has 4 atom stereocenters. The molecule has 4 rings (SSSR count). The molecule has 26 heavy (non-hydrogen) atoms. The highest BCUT2D eigenvalue weighted by atomic mass is 16.2. The Kier molecular flexibility index (Phi) is 5.33. The monoisotopic (exact) mass is 352 g/mol. The largest absolute Gasteiger partial charge is 0.335 e. The van der Waals surface area contributed by atoms with Crippen molar-refractivity contribution in [1.29, 1.82) is 0 Å². The van der Waals surface area contributed by atoms with E-state index >= 15 is 0 Å². The van der Waals surface area contributed by atoms with E-state index in [1.54, 1.807) is 0 Å². The van der Waals surface area contributed by atoms with E-state index in [4.69, 9.17) is 0 Å². The van der Waals surface area contributed by atoms with Crippen molar-refractivity contribution < 1.29 is 4.79 Å². The summed E-state index contributed by atoms with van der Waals surface area (Å²) in [5, 5.41) is 3.36. The molecule has 0 heterocycles. The van der Waals surface area contributed by atoms with Crippen LogP contribution in [-0.4, -0.2) is 23.5 Å². The van der Waals surface area contributed by atoms with Crippen molar-refractivity contribution in [3.63, 3.8) is 0 Å². The number of carbonyl (C=O) groups is 1. The Balaban J connectivity index is 1.48. The van der Waals surface area contributed by atoms with Crippen molar-refractivity contribution in [2.45, 2.75) is 64.0 Å². The molecule has 140 valence electrons. The van der Waals surface area contributed by atoms with Crippen LogP contribution >= 0.6 is 0 Å². The minimum atomic E-state index is 0.114. The third-order valence-electron chi connectivity index (χ3n) is 6.79. The molecule has 0 aliphatic heterocycles. The maximum absolute atomic E-state index is 13.2. The van der Waals surface area contributed by atoms with Gasteiger partial charge in [-0.1, -0.05) is 61.7 Å². The molecule has 2 saturated carbocycles. The van der Waals surface area contributed by atoms with Crippen molar-refractivity contribution in [2.24, 2.45) is 17.8 Å². The van der Waals surface area contributed by atoms with E-state index in [-0.39, 0.29) is 12.1 Å². The van der Waals surface area contributed by atoms with Crippen LogP contribution in [0.3, 0.4) is 0 Å². The predicted octanol–water partition coefficient (Wildman–Crippen LogP) is 5.30. The zero-order valence-electron chi connectivity index (χ0n) is 15.9. The van der Waals surface area contributed by atoms with Gasteiger partial charge in [-0.05, 0) is 55.9 Å². The van der Waals surface area contributed by atoms with Gasteiger partial charge in [-0.2, -0.15) is 0 Å². The van der Waals surface area contributed by atoms with Crippen molar-refractivity contribution in [3.8, 4) is 0 Å². The number of amides is 2. The van der Waals surface area contributed by atoms with Crippen LogP contribution < -0.4 is 5.32 Å². The first kappa shape index (κ1) is 17.6. The lowest BCUT2D eigenvalue weighted by Gasteiger charge is -2.35. The number of nitrogens with zero attached hydrogens (tertiary/aromatic N) is 1. The fourth-order valence-electron chi connectivity index (χ4n) is 5.19. The predicted molar refractivity (Wildman–Crippen MR) is 106 cm³/mol. The summed E-state index contributed by atoms with van der Waals surface area (Å²) in [6, 6.07) is 11.1. The zero-order valence-corrected chi connectivity index (χ0v) is 15.9. The molecule has 4 unspecified atom stereocenters. The number of fused-ring (bicyclic) bond motifs is 2. The first-order valence-electron chi connectivity index (χ1n) is 10.5. The Morgan fingerprint density at radius 1 is 1.12 bits per heavy atom. The molecule has 3 aliphatic rings. The fourth-order valence-corrected chi connectivity index (χ4v) is 5.19. The number of hydrogen-bond acceptors (Lipinski definition) is 1.